The van der Waals surface area contributed by atoms with Gasteiger partial charge < -0.3 is 5.11 Å². The lowest BCUT2D eigenvalue weighted by molar-refractivity contribution is -0.146. The van der Waals surface area contributed by atoms with Gasteiger partial charge in [0.25, 0.3) is 0 Å². The number of carboxylic acid groups (broad SMARTS) is 1. The molecule has 0 bridgehead atoms. The van der Waals surface area contributed by atoms with E-state index in [2.05, 4.69) is 19.1 Å². The van der Waals surface area contributed by atoms with Crippen molar-refractivity contribution in [2.45, 2.75) is 57.8 Å². The van der Waals surface area contributed by atoms with Crippen molar-refractivity contribution in [3.63, 3.8) is 0 Å². The van der Waals surface area contributed by atoms with E-state index in [0.29, 0.717) is 0 Å². The molecule has 0 amide bonds. The van der Waals surface area contributed by atoms with E-state index >= 15 is 0 Å². The molecule has 0 heterocycles. The molecule has 2 aliphatic rings. The SMILES string of the molecule is CCCC[C@]12CCCC[C@@]1(C(=O)O)[C@@H]2c1ccccc1. The van der Waals surface area contributed by atoms with Crippen LogP contribution < -0.4 is 0 Å². The lowest BCUT2D eigenvalue weighted by Gasteiger charge is -2.27. The van der Waals surface area contributed by atoms with E-state index in [1.54, 1.807) is 0 Å². The fraction of sp³-hybridized carbons (Fsp3) is 0.611. The molecular weight excluding hydrogens is 248 g/mol. The van der Waals surface area contributed by atoms with Crippen LogP contribution in [-0.2, 0) is 4.79 Å². The number of hydrogen-bond donors (Lipinski definition) is 1. The van der Waals surface area contributed by atoms with Gasteiger partial charge in [-0.05, 0) is 30.2 Å². The van der Waals surface area contributed by atoms with E-state index in [0.717, 1.165) is 38.5 Å². The van der Waals surface area contributed by atoms with Crippen LogP contribution in [0, 0.1) is 10.8 Å². The average molecular weight is 272 g/mol. The Kier molecular flexibility index (Phi) is 3.35. The van der Waals surface area contributed by atoms with E-state index in [1.807, 2.05) is 18.2 Å². The van der Waals surface area contributed by atoms with Crippen LogP contribution in [0.1, 0.15) is 63.4 Å². The first kappa shape index (κ1) is 13.7. The molecule has 0 aromatic heterocycles. The van der Waals surface area contributed by atoms with Crippen LogP contribution in [0.15, 0.2) is 30.3 Å². The molecule has 0 aliphatic heterocycles. The Hall–Kier alpha value is -1.31. The van der Waals surface area contributed by atoms with Crippen LogP contribution in [0.4, 0.5) is 0 Å². The highest BCUT2D eigenvalue weighted by Gasteiger charge is 2.79. The summed E-state index contributed by atoms with van der Waals surface area (Å²) < 4.78 is 0. The third-order valence-corrected chi connectivity index (χ3v) is 5.79. The molecule has 2 aliphatic carbocycles. The first-order valence-electron chi connectivity index (χ1n) is 7.97. The summed E-state index contributed by atoms with van der Waals surface area (Å²) in [4.78, 5) is 12.1. The van der Waals surface area contributed by atoms with Gasteiger partial charge in [-0.2, -0.15) is 0 Å². The van der Waals surface area contributed by atoms with Crippen LogP contribution >= 0.6 is 0 Å². The number of aliphatic carboxylic acids is 1. The molecule has 0 radical (unpaired) electrons. The zero-order valence-corrected chi connectivity index (χ0v) is 12.3. The molecule has 3 atom stereocenters. The molecule has 0 saturated heterocycles. The minimum Gasteiger partial charge on any atom is -0.481 e. The maximum Gasteiger partial charge on any atom is 0.310 e. The largest absolute Gasteiger partial charge is 0.481 e. The second-order valence-corrected chi connectivity index (χ2v) is 6.59. The first-order valence-corrected chi connectivity index (χ1v) is 7.97. The summed E-state index contributed by atoms with van der Waals surface area (Å²) in [6.07, 6.45) is 7.61. The normalized spacial score (nSPS) is 35.4. The van der Waals surface area contributed by atoms with Crippen LogP contribution in [0.25, 0.3) is 0 Å². The molecule has 2 saturated carbocycles. The van der Waals surface area contributed by atoms with E-state index in [9.17, 15) is 9.90 Å². The van der Waals surface area contributed by atoms with Crippen LogP contribution in [0.5, 0.6) is 0 Å². The van der Waals surface area contributed by atoms with Gasteiger partial charge >= 0.3 is 5.97 Å². The molecule has 2 nitrogen and oxygen atoms in total. The number of hydrogen-bond acceptors (Lipinski definition) is 1. The summed E-state index contributed by atoms with van der Waals surface area (Å²) in [6, 6.07) is 10.4. The Morgan fingerprint density at radius 2 is 1.95 bits per heavy atom. The molecule has 3 rings (SSSR count). The van der Waals surface area contributed by atoms with Crippen molar-refractivity contribution in [1.82, 2.24) is 0 Å². The zero-order chi connectivity index (χ0) is 14.2. The van der Waals surface area contributed by atoms with Crippen LogP contribution in [0.3, 0.4) is 0 Å². The molecular formula is C18H24O2. The van der Waals surface area contributed by atoms with Crippen LogP contribution in [0.2, 0.25) is 0 Å². The minimum absolute atomic E-state index is 0.0362. The van der Waals surface area contributed by atoms with Gasteiger partial charge in [0.15, 0.2) is 0 Å². The molecule has 20 heavy (non-hydrogen) atoms. The summed E-state index contributed by atoms with van der Waals surface area (Å²) in [5.74, 6) is -0.315. The van der Waals surface area contributed by atoms with Crippen LogP contribution in [-0.4, -0.2) is 11.1 Å². The first-order chi connectivity index (χ1) is 9.69. The number of unbranched alkanes of at least 4 members (excludes halogenated alkanes) is 1. The van der Waals surface area contributed by atoms with Crippen molar-refractivity contribution < 1.29 is 9.90 Å². The molecule has 1 N–H and O–H groups in total. The van der Waals surface area contributed by atoms with Crippen molar-refractivity contribution >= 4 is 5.97 Å². The third kappa shape index (κ3) is 1.66. The van der Waals surface area contributed by atoms with Gasteiger partial charge in [0.05, 0.1) is 5.41 Å². The van der Waals surface area contributed by atoms with E-state index < -0.39 is 11.4 Å². The summed E-state index contributed by atoms with van der Waals surface area (Å²) >= 11 is 0. The number of rotatable bonds is 5. The second-order valence-electron chi connectivity index (χ2n) is 6.59. The topological polar surface area (TPSA) is 37.3 Å². The van der Waals surface area contributed by atoms with Gasteiger partial charge in [0.2, 0.25) is 0 Å². The Bertz CT molecular complexity index is 495. The molecule has 0 unspecified atom stereocenters. The Morgan fingerprint density at radius 3 is 2.60 bits per heavy atom. The summed E-state index contributed by atoms with van der Waals surface area (Å²) in [5, 5.41) is 9.94. The van der Waals surface area contributed by atoms with Gasteiger partial charge in [-0.1, -0.05) is 62.9 Å². The Balaban J connectivity index is 2.01. The van der Waals surface area contributed by atoms with E-state index in [-0.39, 0.29) is 11.3 Å². The summed E-state index contributed by atoms with van der Waals surface area (Å²) in [5.41, 5.74) is 0.809. The van der Waals surface area contributed by atoms with Crippen molar-refractivity contribution in [1.29, 1.82) is 0 Å². The highest BCUT2D eigenvalue weighted by atomic mass is 16.4. The minimum atomic E-state index is -0.554. The number of carboxylic acids is 1. The quantitative estimate of drug-likeness (QED) is 0.850. The fourth-order valence-electron chi connectivity index (χ4n) is 4.95. The third-order valence-electron chi connectivity index (χ3n) is 5.79. The lowest BCUT2D eigenvalue weighted by Crippen LogP contribution is -2.27. The van der Waals surface area contributed by atoms with Crippen molar-refractivity contribution in [2.75, 3.05) is 0 Å². The summed E-state index contributed by atoms with van der Waals surface area (Å²) in [6.45, 7) is 2.20. The monoisotopic (exact) mass is 272 g/mol. The molecule has 108 valence electrons. The summed E-state index contributed by atoms with van der Waals surface area (Å²) in [7, 11) is 0. The zero-order valence-electron chi connectivity index (χ0n) is 12.3. The van der Waals surface area contributed by atoms with Gasteiger partial charge in [-0.3, -0.25) is 4.79 Å². The highest BCUT2D eigenvalue weighted by Crippen LogP contribution is 2.81. The molecule has 0 spiro atoms. The number of fused-ring (bicyclic) bond motifs is 1. The van der Waals surface area contributed by atoms with Crippen molar-refractivity contribution in [3.8, 4) is 0 Å². The molecule has 1 aromatic rings. The van der Waals surface area contributed by atoms with Gasteiger partial charge in [0, 0.05) is 5.92 Å². The number of benzene rings is 1. The Morgan fingerprint density at radius 1 is 1.25 bits per heavy atom. The second kappa shape index (κ2) is 4.91. The highest BCUT2D eigenvalue weighted by molar-refractivity contribution is 5.83. The smallest absolute Gasteiger partial charge is 0.310 e. The molecule has 2 fully saturated rings. The maximum atomic E-state index is 12.1. The van der Waals surface area contributed by atoms with E-state index in [1.165, 1.54) is 12.0 Å². The fourth-order valence-corrected chi connectivity index (χ4v) is 4.95. The van der Waals surface area contributed by atoms with Gasteiger partial charge in [-0.25, -0.2) is 0 Å². The predicted octanol–water partition coefficient (Wildman–Crippen LogP) is 4.61. The van der Waals surface area contributed by atoms with E-state index in [4.69, 9.17) is 0 Å². The average Bonchev–Trinajstić information content (AvgIpc) is 3.11. The number of carbonyl (C=O) groups is 1. The standard InChI is InChI=1S/C18H24O2/c1-2-3-11-17-12-7-8-13-18(17,16(19)20)15(17)14-9-5-4-6-10-14/h4-6,9-10,15H,2-3,7-8,11-13H2,1H3,(H,19,20)/t15-,17-,18+/m1/s1. The molecule has 2 heteroatoms. The van der Waals surface area contributed by atoms with Gasteiger partial charge in [0.1, 0.15) is 0 Å². The van der Waals surface area contributed by atoms with Crippen molar-refractivity contribution in [3.05, 3.63) is 35.9 Å². The van der Waals surface area contributed by atoms with Gasteiger partial charge in [-0.15, -0.1) is 0 Å². The Labute approximate surface area is 121 Å². The lowest BCUT2D eigenvalue weighted by atomic mass is 9.77. The maximum absolute atomic E-state index is 12.1. The van der Waals surface area contributed by atoms with Crippen molar-refractivity contribution in [2.24, 2.45) is 10.8 Å². The molecule has 1 aromatic carbocycles. The predicted molar refractivity (Wildman–Crippen MR) is 79.7 cm³/mol.